The summed E-state index contributed by atoms with van der Waals surface area (Å²) < 4.78 is 24.7. The lowest BCUT2D eigenvalue weighted by atomic mass is 9.44. The van der Waals surface area contributed by atoms with E-state index in [-0.39, 0.29) is 35.2 Å². The maximum absolute atomic E-state index is 13.5. The third kappa shape index (κ3) is 4.69. The molecule has 7 nitrogen and oxygen atoms in total. The van der Waals surface area contributed by atoms with Gasteiger partial charge in [0.1, 0.15) is 36.9 Å². The summed E-state index contributed by atoms with van der Waals surface area (Å²) in [6.45, 7) is 4.90. The number of halogens is 2. The van der Waals surface area contributed by atoms with Crippen molar-refractivity contribution >= 4 is 11.6 Å². The average molecular weight is 429 g/mol. The number of nitrogens with one attached hydrogen (secondary N) is 4. The third-order valence-corrected chi connectivity index (χ3v) is 6.30. The Kier molecular flexibility index (Phi) is 6.05. The molecule has 4 fully saturated rings. The van der Waals surface area contributed by atoms with Crippen molar-refractivity contribution in [3.63, 3.8) is 0 Å². The van der Waals surface area contributed by atoms with Gasteiger partial charge in [-0.05, 0) is 45.2 Å². The van der Waals surface area contributed by atoms with Crippen LogP contribution in [-0.2, 0) is 4.74 Å². The molecule has 2 bridgehead atoms. The summed E-state index contributed by atoms with van der Waals surface area (Å²) in [6, 6.07) is 4.61. The number of rotatable bonds is 9. The van der Waals surface area contributed by atoms with E-state index in [4.69, 9.17) is 21.1 Å². The molecule has 162 valence electrons. The summed E-state index contributed by atoms with van der Waals surface area (Å²) >= 11 is 5.66. The fourth-order valence-corrected chi connectivity index (χ4v) is 5.03. The van der Waals surface area contributed by atoms with Gasteiger partial charge in [-0.2, -0.15) is 0 Å². The molecule has 1 heterocycles. The van der Waals surface area contributed by atoms with Gasteiger partial charge in [0.2, 0.25) is 0 Å². The molecule has 1 aromatic rings. The Balaban J connectivity index is 1.20. The number of ether oxygens (including phenoxy) is 2. The van der Waals surface area contributed by atoms with Gasteiger partial charge in [-0.25, -0.2) is 4.39 Å². The maximum atomic E-state index is 13.5. The predicted octanol–water partition coefficient (Wildman–Crippen LogP) is 1.65. The standard InChI is InChI=1S/C20H30ClFN4O3/c1-3-28-17-6-12(2)23-18(24-17)26-20-9-19(10-20,11-20)25-16(27)8-29-13-4-5-14(21)15(22)7-13/h4-5,7,12,16-18,23-27H,3,6,8-11H2,1-2H3. The van der Waals surface area contributed by atoms with Gasteiger partial charge in [0.05, 0.1) is 5.02 Å². The first-order valence-corrected chi connectivity index (χ1v) is 10.6. The largest absolute Gasteiger partial charge is 0.489 e. The van der Waals surface area contributed by atoms with E-state index >= 15 is 0 Å². The first-order chi connectivity index (χ1) is 13.8. The van der Waals surface area contributed by atoms with Gasteiger partial charge in [-0.3, -0.25) is 21.3 Å². The Hall–Kier alpha value is -1.00. The van der Waals surface area contributed by atoms with Gasteiger partial charge in [0.25, 0.3) is 0 Å². The van der Waals surface area contributed by atoms with Crippen molar-refractivity contribution in [2.24, 2.45) is 0 Å². The second-order valence-electron chi connectivity index (χ2n) is 8.63. The summed E-state index contributed by atoms with van der Waals surface area (Å²) in [5.74, 6) is -0.194. The highest BCUT2D eigenvalue weighted by Crippen LogP contribution is 2.60. The van der Waals surface area contributed by atoms with E-state index in [0.29, 0.717) is 18.4 Å². The molecule has 5 N–H and O–H groups in total. The van der Waals surface area contributed by atoms with Gasteiger partial charge in [0.15, 0.2) is 0 Å². The molecular weight excluding hydrogens is 399 g/mol. The van der Waals surface area contributed by atoms with Crippen LogP contribution in [0.15, 0.2) is 18.2 Å². The van der Waals surface area contributed by atoms with E-state index in [1.54, 1.807) is 6.07 Å². The van der Waals surface area contributed by atoms with Gasteiger partial charge >= 0.3 is 0 Å². The second kappa shape index (κ2) is 8.26. The Morgan fingerprint density at radius 2 is 2.07 bits per heavy atom. The Morgan fingerprint density at radius 3 is 2.76 bits per heavy atom. The van der Waals surface area contributed by atoms with Crippen molar-refractivity contribution in [2.45, 2.75) is 75.4 Å². The summed E-state index contributed by atoms with van der Waals surface area (Å²) in [7, 11) is 0. The molecule has 1 aromatic carbocycles. The minimum Gasteiger partial charge on any atom is -0.489 e. The highest BCUT2D eigenvalue weighted by atomic mass is 35.5. The van der Waals surface area contributed by atoms with Crippen LogP contribution in [0.4, 0.5) is 4.39 Å². The van der Waals surface area contributed by atoms with Gasteiger partial charge in [-0.15, -0.1) is 0 Å². The molecule has 0 radical (unpaired) electrons. The van der Waals surface area contributed by atoms with Crippen LogP contribution in [0.25, 0.3) is 0 Å². The van der Waals surface area contributed by atoms with Crippen LogP contribution in [0.1, 0.15) is 39.5 Å². The lowest BCUT2D eigenvalue weighted by Gasteiger charge is -2.72. The SMILES string of the molecule is CCOC1CC(C)NC(NC23CC(NC(O)COc4ccc(Cl)c(F)c4)(C2)C3)N1. The highest BCUT2D eigenvalue weighted by molar-refractivity contribution is 6.30. The van der Waals surface area contributed by atoms with Crippen molar-refractivity contribution in [1.82, 2.24) is 21.3 Å². The summed E-state index contributed by atoms with van der Waals surface area (Å²) in [5.41, 5.74) is 0.0337. The average Bonchev–Trinajstić information content (AvgIpc) is 2.60. The van der Waals surface area contributed by atoms with Crippen LogP contribution in [0.5, 0.6) is 5.75 Å². The van der Waals surface area contributed by atoms with E-state index in [0.717, 1.165) is 25.7 Å². The van der Waals surface area contributed by atoms with Gasteiger partial charge in [-0.1, -0.05) is 11.6 Å². The quantitative estimate of drug-likeness (QED) is 0.382. The molecule has 1 aliphatic heterocycles. The van der Waals surface area contributed by atoms with Crippen molar-refractivity contribution in [3.05, 3.63) is 29.0 Å². The zero-order valence-corrected chi connectivity index (χ0v) is 17.6. The molecule has 4 aliphatic rings. The minimum atomic E-state index is -0.819. The molecule has 1 saturated heterocycles. The molecule has 3 saturated carbocycles. The van der Waals surface area contributed by atoms with Crippen molar-refractivity contribution in [1.29, 1.82) is 0 Å². The number of hydrogen-bond donors (Lipinski definition) is 5. The maximum Gasteiger partial charge on any atom is 0.145 e. The lowest BCUT2D eigenvalue weighted by molar-refractivity contribution is -0.146. The Morgan fingerprint density at radius 1 is 1.31 bits per heavy atom. The van der Waals surface area contributed by atoms with Crippen LogP contribution < -0.4 is 26.0 Å². The summed E-state index contributed by atoms with van der Waals surface area (Å²) in [6.07, 6.45) is 3.03. The molecule has 29 heavy (non-hydrogen) atoms. The fourth-order valence-electron chi connectivity index (χ4n) is 4.91. The van der Waals surface area contributed by atoms with Crippen LogP contribution in [0, 0.1) is 5.82 Å². The van der Waals surface area contributed by atoms with E-state index in [1.165, 1.54) is 12.1 Å². The monoisotopic (exact) mass is 428 g/mol. The number of benzene rings is 1. The van der Waals surface area contributed by atoms with E-state index in [1.807, 2.05) is 6.92 Å². The minimum absolute atomic E-state index is 0.0154. The third-order valence-electron chi connectivity index (χ3n) is 5.99. The van der Waals surface area contributed by atoms with Gasteiger partial charge in [0, 0.05) is 36.2 Å². The van der Waals surface area contributed by atoms with Crippen molar-refractivity contribution in [3.8, 4) is 5.75 Å². The van der Waals surface area contributed by atoms with Crippen LogP contribution >= 0.6 is 11.6 Å². The second-order valence-corrected chi connectivity index (χ2v) is 9.04. The van der Waals surface area contributed by atoms with Crippen LogP contribution in [0.3, 0.4) is 0 Å². The molecule has 0 amide bonds. The smallest absolute Gasteiger partial charge is 0.145 e. The molecule has 9 heteroatoms. The number of aliphatic hydroxyl groups is 1. The molecule has 5 rings (SSSR count). The number of aliphatic hydroxyl groups excluding tert-OH is 1. The van der Waals surface area contributed by atoms with Crippen LogP contribution in [-0.4, -0.2) is 54.2 Å². The molecular formula is C20H30ClFN4O3. The lowest BCUT2D eigenvalue weighted by Crippen LogP contribution is -2.86. The Labute approximate surface area is 175 Å². The fraction of sp³-hybridized carbons (Fsp3) is 0.700. The van der Waals surface area contributed by atoms with Crippen molar-refractivity contribution < 1.29 is 19.0 Å². The van der Waals surface area contributed by atoms with E-state index in [2.05, 4.69) is 28.2 Å². The van der Waals surface area contributed by atoms with Crippen molar-refractivity contribution in [2.75, 3.05) is 13.2 Å². The molecule has 4 unspecified atom stereocenters. The first-order valence-electron chi connectivity index (χ1n) is 10.3. The predicted molar refractivity (Wildman–Crippen MR) is 108 cm³/mol. The van der Waals surface area contributed by atoms with E-state index in [9.17, 15) is 9.50 Å². The molecule has 0 spiro atoms. The Bertz CT molecular complexity index is 720. The van der Waals surface area contributed by atoms with E-state index < -0.39 is 12.0 Å². The molecule has 3 aliphatic carbocycles. The number of hydrogen-bond acceptors (Lipinski definition) is 7. The zero-order valence-electron chi connectivity index (χ0n) is 16.8. The zero-order chi connectivity index (χ0) is 20.6. The highest BCUT2D eigenvalue weighted by Gasteiger charge is 2.68. The normalized spacial score (nSPS) is 36.8. The summed E-state index contributed by atoms with van der Waals surface area (Å²) in [5, 5.41) is 24.2. The molecule has 4 atom stereocenters. The van der Waals surface area contributed by atoms with Crippen LogP contribution in [0.2, 0.25) is 5.02 Å². The summed E-state index contributed by atoms with van der Waals surface area (Å²) in [4.78, 5) is 0. The van der Waals surface area contributed by atoms with Gasteiger partial charge < -0.3 is 14.6 Å². The topological polar surface area (TPSA) is 86.8 Å². The first kappa shape index (κ1) is 21.2. The molecule has 0 aromatic heterocycles.